The van der Waals surface area contributed by atoms with E-state index in [1.165, 1.54) is 6.20 Å². The molecule has 0 aliphatic heterocycles. The molecule has 1 heterocycles. The van der Waals surface area contributed by atoms with Crippen LogP contribution in [0.4, 0.5) is 0 Å². The van der Waals surface area contributed by atoms with Gasteiger partial charge in [0.15, 0.2) is 5.69 Å². The van der Waals surface area contributed by atoms with Crippen LogP contribution in [0, 0.1) is 0 Å². The van der Waals surface area contributed by atoms with E-state index in [2.05, 4.69) is 16.9 Å². The van der Waals surface area contributed by atoms with Crippen LogP contribution >= 0.6 is 0 Å². The van der Waals surface area contributed by atoms with Gasteiger partial charge in [0.2, 0.25) is 0 Å². The number of carbonyl (C=O) groups is 2. The lowest BCUT2D eigenvalue weighted by Crippen LogP contribution is -2.45. The molecule has 0 radical (unpaired) electrons. The Kier molecular flexibility index (Phi) is 4.42. The van der Waals surface area contributed by atoms with Gasteiger partial charge in [0, 0.05) is 12.1 Å². The molecule has 1 rings (SSSR count). The lowest BCUT2D eigenvalue weighted by molar-refractivity contribution is -0.137. The second-order valence-corrected chi connectivity index (χ2v) is 5.07. The average Bonchev–Trinajstić information content (AvgIpc) is 2.71. The van der Waals surface area contributed by atoms with Crippen molar-refractivity contribution < 1.29 is 14.7 Å². The van der Waals surface area contributed by atoms with Crippen molar-refractivity contribution in [3.63, 3.8) is 0 Å². The molecule has 0 fully saturated rings. The molecule has 0 saturated carbocycles. The van der Waals surface area contributed by atoms with Crippen molar-refractivity contribution in [3.8, 4) is 0 Å². The third-order valence-corrected chi connectivity index (χ3v) is 2.42. The number of aliphatic carboxylic acids is 1. The zero-order valence-corrected chi connectivity index (χ0v) is 11.3. The molecule has 0 aliphatic rings. The summed E-state index contributed by atoms with van der Waals surface area (Å²) in [5, 5.41) is 16.0. The minimum atomic E-state index is -1.04. The fourth-order valence-electron chi connectivity index (χ4n) is 1.54. The Morgan fingerprint density at radius 3 is 2.63 bits per heavy atom. The highest BCUT2D eigenvalue weighted by molar-refractivity contribution is 5.92. The lowest BCUT2D eigenvalue weighted by atomic mass is 10.1. The maximum Gasteiger partial charge on any atom is 0.325 e. The summed E-state index contributed by atoms with van der Waals surface area (Å²) < 4.78 is 1.12. The van der Waals surface area contributed by atoms with Gasteiger partial charge in [-0.05, 0) is 20.8 Å². The zero-order chi connectivity index (χ0) is 14.6. The Morgan fingerprint density at radius 1 is 1.53 bits per heavy atom. The first-order valence-corrected chi connectivity index (χ1v) is 5.80. The van der Waals surface area contributed by atoms with Crippen LogP contribution in [0.3, 0.4) is 0 Å². The molecular formula is C12H18N4O3. The van der Waals surface area contributed by atoms with Crippen LogP contribution in [0.1, 0.15) is 31.3 Å². The Bertz CT molecular complexity index is 487. The smallest absolute Gasteiger partial charge is 0.325 e. The van der Waals surface area contributed by atoms with Gasteiger partial charge in [-0.1, -0.05) is 11.3 Å². The van der Waals surface area contributed by atoms with Crippen LogP contribution in [-0.2, 0) is 11.3 Å². The molecule has 1 N–H and O–H groups in total. The van der Waals surface area contributed by atoms with Gasteiger partial charge in [-0.3, -0.25) is 9.59 Å². The normalized spacial score (nSPS) is 11.1. The Hall–Kier alpha value is -2.18. The quantitative estimate of drug-likeness (QED) is 0.796. The molecular weight excluding hydrogens is 248 g/mol. The number of carboxylic acids is 1. The van der Waals surface area contributed by atoms with Crippen molar-refractivity contribution in [2.75, 3.05) is 6.54 Å². The summed E-state index contributed by atoms with van der Waals surface area (Å²) in [4.78, 5) is 24.4. The highest BCUT2D eigenvalue weighted by Crippen LogP contribution is 2.16. The van der Waals surface area contributed by atoms with Crippen molar-refractivity contribution in [1.82, 2.24) is 19.9 Å². The number of rotatable bonds is 5. The maximum absolute atomic E-state index is 12.3. The van der Waals surface area contributed by atoms with Crippen LogP contribution in [0.2, 0.25) is 0 Å². The van der Waals surface area contributed by atoms with Gasteiger partial charge in [-0.25, -0.2) is 4.68 Å². The number of aromatic nitrogens is 3. The predicted octanol–water partition coefficient (Wildman–Crippen LogP) is 0.789. The standard InChI is InChI=1S/C12H18N4O3/c1-5-6-16(12(2,3)4)11(19)9-7-15(14-13-9)8-10(17)18/h5,7H,1,6,8H2,2-4H3,(H,17,18). The van der Waals surface area contributed by atoms with Crippen molar-refractivity contribution >= 4 is 11.9 Å². The molecule has 0 aliphatic carbocycles. The first kappa shape index (κ1) is 14.9. The van der Waals surface area contributed by atoms with E-state index in [4.69, 9.17) is 5.11 Å². The fourth-order valence-corrected chi connectivity index (χ4v) is 1.54. The van der Waals surface area contributed by atoms with Crippen LogP contribution < -0.4 is 0 Å². The summed E-state index contributed by atoms with van der Waals surface area (Å²) in [6.45, 7) is 9.38. The molecule has 7 heteroatoms. The Labute approximate surface area is 111 Å². The van der Waals surface area contributed by atoms with Crippen molar-refractivity contribution in [1.29, 1.82) is 0 Å². The van der Waals surface area contributed by atoms with E-state index in [1.54, 1.807) is 11.0 Å². The van der Waals surface area contributed by atoms with Gasteiger partial charge in [-0.15, -0.1) is 11.7 Å². The molecule has 7 nitrogen and oxygen atoms in total. The van der Waals surface area contributed by atoms with Crippen LogP contribution in [0.25, 0.3) is 0 Å². The van der Waals surface area contributed by atoms with Gasteiger partial charge >= 0.3 is 5.97 Å². The van der Waals surface area contributed by atoms with E-state index in [-0.39, 0.29) is 23.7 Å². The molecule has 1 aromatic heterocycles. The fraction of sp³-hybridized carbons (Fsp3) is 0.500. The first-order valence-electron chi connectivity index (χ1n) is 5.80. The number of nitrogens with zero attached hydrogens (tertiary/aromatic N) is 4. The van der Waals surface area contributed by atoms with Crippen molar-refractivity contribution in [3.05, 3.63) is 24.5 Å². The van der Waals surface area contributed by atoms with E-state index < -0.39 is 5.97 Å². The van der Waals surface area contributed by atoms with E-state index in [0.717, 1.165) is 4.68 Å². The predicted molar refractivity (Wildman–Crippen MR) is 68.6 cm³/mol. The molecule has 0 saturated heterocycles. The van der Waals surface area contributed by atoms with Crippen LogP contribution in [0.15, 0.2) is 18.9 Å². The minimum Gasteiger partial charge on any atom is -0.480 e. The van der Waals surface area contributed by atoms with Gasteiger partial charge in [0.25, 0.3) is 5.91 Å². The second kappa shape index (κ2) is 5.64. The molecule has 0 atom stereocenters. The van der Waals surface area contributed by atoms with Crippen LogP contribution in [-0.4, -0.2) is 49.0 Å². The largest absolute Gasteiger partial charge is 0.480 e. The topological polar surface area (TPSA) is 88.3 Å². The van der Waals surface area contributed by atoms with Gasteiger partial charge in [-0.2, -0.15) is 0 Å². The van der Waals surface area contributed by atoms with Crippen molar-refractivity contribution in [2.45, 2.75) is 32.9 Å². The molecule has 104 valence electrons. The SMILES string of the molecule is C=CCN(C(=O)c1cn(CC(=O)O)nn1)C(C)(C)C. The number of carboxylic acid groups (broad SMARTS) is 1. The van der Waals surface area contributed by atoms with E-state index >= 15 is 0 Å². The first-order chi connectivity index (χ1) is 8.75. The third-order valence-electron chi connectivity index (χ3n) is 2.42. The van der Waals surface area contributed by atoms with E-state index in [1.807, 2.05) is 20.8 Å². The zero-order valence-electron chi connectivity index (χ0n) is 11.3. The molecule has 0 spiro atoms. The Morgan fingerprint density at radius 2 is 2.16 bits per heavy atom. The molecule has 19 heavy (non-hydrogen) atoms. The van der Waals surface area contributed by atoms with Gasteiger partial charge < -0.3 is 10.0 Å². The summed E-state index contributed by atoms with van der Waals surface area (Å²) in [7, 11) is 0. The summed E-state index contributed by atoms with van der Waals surface area (Å²) in [5.74, 6) is -1.34. The van der Waals surface area contributed by atoms with Crippen LogP contribution in [0.5, 0.6) is 0 Å². The van der Waals surface area contributed by atoms with Crippen molar-refractivity contribution in [2.24, 2.45) is 0 Å². The van der Waals surface area contributed by atoms with Gasteiger partial charge in [0.1, 0.15) is 6.54 Å². The highest BCUT2D eigenvalue weighted by Gasteiger charge is 2.28. The lowest BCUT2D eigenvalue weighted by Gasteiger charge is -2.34. The number of hydrogen-bond donors (Lipinski definition) is 1. The molecule has 0 aromatic carbocycles. The number of amides is 1. The van der Waals surface area contributed by atoms with E-state index in [0.29, 0.717) is 6.54 Å². The Balaban J connectivity index is 2.94. The number of carbonyl (C=O) groups excluding carboxylic acids is 1. The molecule has 1 amide bonds. The summed E-state index contributed by atoms with van der Waals surface area (Å²) in [5.41, 5.74) is -0.264. The molecule has 0 unspecified atom stereocenters. The molecule has 1 aromatic rings. The van der Waals surface area contributed by atoms with Gasteiger partial charge in [0.05, 0.1) is 6.20 Å². The maximum atomic E-state index is 12.3. The number of hydrogen-bond acceptors (Lipinski definition) is 4. The minimum absolute atomic E-state index is 0.123. The second-order valence-electron chi connectivity index (χ2n) is 5.07. The average molecular weight is 266 g/mol. The van der Waals surface area contributed by atoms with E-state index in [9.17, 15) is 9.59 Å². The monoisotopic (exact) mass is 266 g/mol. The summed E-state index contributed by atoms with van der Waals surface area (Å²) >= 11 is 0. The summed E-state index contributed by atoms with van der Waals surface area (Å²) in [6.07, 6.45) is 2.96. The summed E-state index contributed by atoms with van der Waals surface area (Å²) in [6, 6.07) is 0. The highest BCUT2D eigenvalue weighted by atomic mass is 16.4. The third kappa shape index (κ3) is 3.90. The molecule has 0 bridgehead atoms.